The van der Waals surface area contributed by atoms with Crippen molar-refractivity contribution in [1.82, 2.24) is 9.78 Å². The molecule has 2 rings (SSSR count). The fourth-order valence-corrected chi connectivity index (χ4v) is 2.53. The fraction of sp³-hybridized carbons (Fsp3) is 0.333. The molecule has 2 aromatic rings. The summed E-state index contributed by atoms with van der Waals surface area (Å²) in [5.41, 5.74) is 7.07. The first-order chi connectivity index (χ1) is 8.45. The van der Waals surface area contributed by atoms with Gasteiger partial charge in [0.05, 0.1) is 22.6 Å². The van der Waals surface area contributed by atoms with Crippen LogP contribution in [0.2, 0.25) is 0 Å². The number of aryl methyl sites for hydroxylation is 4. The van der Waals surface area contributed by atoms with Crippen molar-refractivity contribution < 1.29 is 0 Å². The van der Waals surface area contributed by atoms with Crippen LogP contribution < -0.4 is 0 Å². The van der Waals surface area contributed by atoms with Crippen LogP contribution in [-0.2, 0) is 0 Å². The molecule has 0 fully saturated rings. The summed E-state index contributed by atoms with van der Waals surface area (Å²) in [6, 6.07) is 6.51. The Balaban J connectivity index is 2.75. The molecule has 0 amide bonds. The average Bonchev–Trinajstić information content (AvgIpc) is 2.53. The molecule has 3 heteroatoms. The van der Waals surface area contributed by atoms with E-state index < -0.39 is 0 Å². The van der Waals surface area contributed by atoms with Crippen LogP contribution in [0.5, 0.6) is 0 Å². The average molecular weight is 239 g/mol. The number of rotatable bonds is 1. The third-order valence-corrected chi connectivity index (χ3v) is 3.25. The Bertz CT molecular complexity index is 634. The second kappa shape index (κ2) is 4.30. The van der Waals surface area contributed by atoms with Crippen molar-refractivity contribution in [2.24, 2.45) is 0 Å². The molecule has 0 aliphatic heterocycles. The Morgan fingerprint density at radius 1 is 1.06 bits per heavy atom. The minimum absolute atomic E-state index is 0.675. The quantitative estimate of drug-likeness (QED) is 0.766. The minimum Gasteiger partial charge on any atom is -0.236 e. The highest BCUT2D eigenvalue weighted by Crippen LogP contribution is 2.24. The summed E-state index contributed by atoms with van der Waals surface area (Å²) < 4.78 is 1.89. The smallest absolute Gasteiger partial charge is 0.103 e. The van der Waals surface area contributed by atoms with Crippen molar-refractivity contribution in [2.45, 2.75) is 34.6 Å². The monoisotopic (exact) mass is 239 g/mol. The lowest BCUT2D eigenvalue weighted by molar-refractivity contribution is 0.820. The van der Waals surface area contributed by atoms with Crippen molar-refractivity contribution >= 4 is 0 Å². The Labute approximate surface area is 108 Å². The fourth-order valence-electron chi connectivity index (χ4n) is 2.53. The van der Waals surface area contributed by atoms with Crippen molar-refractivity contribution in [3.63, 3.8) is 0 Å². The maximum absolute atomic E-state index is 9.14. The Hall–Kier alpha value is -2.08. The van der Waals surface area contributed by atoms with Crippen LogP contribution in [0.1, 0.15) is 33.6 Å². The van der Waals surface area contributed by atoms with Crippen molar-refractivity contribution in [3.05, 3.63) is 45.8 Å². The van der Waals surface area contributed by atoms with E-state index in [2.05, 4.69) is 44.1 Å². The predicted molar refractivity (Wildman–Crippen MR) is 72.0 cm³/mol. The van der Waals surface area contributed by atoms with E-state index in [0.29, 0.717) is 5.56 Å². The van der Waals surface area contributed by atoms with Gasteiger partial charge in [0.25, 0.3) is 0 Å². The number of nitriles is 1. The third kappa shape index (κ3) is 1.80. The summed E-state index contributed by atoms with van der Waals surface area (Å²) >= 11 is 0. The molecule has 0 N–H and O–H groups in total. The molecule has 18 heavy (non-hydrogen) atoms. The van der Waals surface area contributed by atoms with Gasteiger partial charge in [0, 0.05) is 0 Å². The van der Waals surface area contributed by atoms with E-state index in [4.69, 9.17) is 5.26 Å². The second-order valence-corrected chi connectivity index (χ2v) is 4.82. The maximum Gasteiger partial charge on any atom is 0.103 e. The molecule has 0 radical (unpaired) electrons. The van der Waals surface area contributed by atoms with Gasteiger partial charge in [0.15, 0.2) is 0 Å². The molecule has 0 aliphatic rings. The first kappa shape index (κ1) is 12.4. The molecule has 0 aliphatic carbocycles. The molecule has 1 aromatic carbocycles. The SMILES string of the molecule is Cc1cc(C)c(-n2nc(C)c(C#N)c2C)c(C)c1. The van der Waals surface area contributed by atoms with Crippen LogP contribution in [0.25, 0.3) is 5.69 Å². The van der Waals surface area contributed by atoms with Gasteiger partial charge in [0.1, 0.15) is 6.07 Å². The highest BCUT2D eigenvalue weighted by atomic mass is 15.3. The molecule has 92 valence electrons. The zero-order valence-electron chi connectivity index (χ0n) is 11.5. The highest BCUT2D eigenvalue weighted by Gasteiger charge is 2.15. The molecule has 0 saturated heterocycles. The first-order valence-corrected chi connectivity index (χ1v) is 6.00. The molecule has 3 nitrogen and oxygen atoms in total. The molecule has 1 aromatic heterocycles. The molecule has 0 atom stereocenters. The van der Waals surface area contributed by atoms with Crippen LogP contribution in [0.3, 0.4) is 0 Å². The molecule has 1 heterocycles. The Morgan fingerprint density at radius 3 is 2.06 bits per heavy atom. The Kier molecular flexibility index (Phi) is 2.96. The van der Waals surface area contributed by atoms with Gasteiger partial charge in [-0.15, -0.1) is 0 Å². The van der Waals surface area contributed by atoms with E-state index in [9.17, 15) is 0 Å². The van der Waals surface area contributed by atoms with Crippen LogP contribution in [0, 0.1) is 45.9 Å². The third-order valence-electron chi connectivity index (χ3n) is 3.25. The zero-order chi connectivity index (χ0) is 13.4. The lowest BCUT2D eigenvalue weighted by Gasteiger charge is -2.12. The van der Waals surface area contributed by atoms with Crippen LogP contribution >= 0.6 is 0 Å². The molecule has 0 spiro atoms. The van der Waals surface area contributed by atoms with E-state index >= 15 is 0 Å². The first-order valence-electron chi connectivity index (χ1n) is 6.00. The van der Waals surface area contributed by atoms with E-state index in [1.165, 1.54) is 16.7 Å². The van der Waals surface area contributed by atoms with Gasteiger partial charge in [-0.3, -0.25) is 0 Å². The normalized spacial score (nSPS) is 10.4. The topological polar surface area (TPSA) is 41.6 Å². The summed E-state index contributed by atoms with van der Waals surface area (Å²) in [6.07, 6.45) is 0. The van der Waals surface area contributed by atoms with E-state index in [-0.39, 0.29) is 0 Å². The van der Waals surface area contributed by atoms with Gasteiger partial charge in [0.2, 0.25) is 0 Å². The molecular formula is C15H17N3. The standard InChI is InChI=1S/C15H17N3/c1-9-6-10(2)15(11(3)7-9)18-13(5)14(8-16)12(4)17-18/h6-7H,1-5H3. The van der Waals surface area contributed by atoms with Crippen molar-refractivity contribution in [1.29, 1.82) is 5.26 Å². The maximum atomic E-state index is 9.14. The summed E-state index contributed by atoms with van der Waals surface area (Å²) in [4.78, 5) is 0. The summed E-state index contributed by atoms with van der Waals surface area (Å²) in [5.74, 6) is 0. The number of benzene rings is 1. The van der Waals surface area contributed by atoms with Crippen molar-refractivity contribution in [3.8, 4) is 11.8 Å². The number of nitrogens with zero attached hydrogens (tertiary/aromatic N) is 3. The molecular weight excluding hydrogens is 222 g/mol. The number of hydrogen-bond donors (Lipinski definition) is 0. The zero-order valence-corrected chi connectivity index (χ0v) is 11.5. The minimum atomic E-state index is 0.675. The van der Waals surface area contributed by atoms with Crippen LogP contribution in [0.4, 0.5) is 0 Å². The second-order valence-electron chi connectivity index (χ2n) is 4.82. The molecule has 0 bridgehead atoms. The van der Waals surface area contributed by atoms with Crippen molar-refractivity contribution in [2.75, 3.05) is 0 Å². The van der Waals surface area contributed by atoms with Gasteiger partial charge in [-0.25, -0.2) is 4.68 Å². The number of hydrogen-bond acceptors (Lipinski definition) is 2. The molecule has 0 unspecified atom stereocenters. The van der Waals surface area contributed by atoms with Gasteiger partial charge in [-0.05, 0) is 45.7 Å². The van der Waals surface area contributed by atoms with Gasteiger partial charge in [-0.2, -0.15) is 10.4 Å². The number of aromatic nitrogens is 2. The summed E-state index contributed by atoms with van der Waals surface area (Å²) in [6.45, 7) is 10.1. The van der Waals surface area contributed by atoms with Crippen LogP contribution in [0.15, 0.2) is 12.1 Å². The van der Waals surface area contributed by atoms with Gasteiger partial charge >= 0.3 is 0 Å². The lowest BCUT2D eigenvalue weighted by Crippen LogP contribution is -2.04. The van der Waals surface area contributed by atoms with Gasteiger partial charge < -0.3 is 0 Å². The predicted octanol–water partition coefficient (Wildman–Crippen LogP) is 3.29. The summed E-state index contributed by atoms with van der Waals surface area (Å²) in [5, 5.41) is 13.6. The van der Waals surface area contributed by atoms with Gasteiger partial charge in [-0.1, -0.05) is 17.7 Å². The largest absolute Gasteiger partial charge is 0.236 e. The summed E-state index contributed by atoms with van der Waals surface area (Å²) in [7, 11) is 0. The van der Waals surface area contributed by atoms with E-state index in [1.807, 2.05) is 18.5 Å². The Morgan fingerprint density at radius 2 is 1.61 bits per heavy atom. The van der Waals surface area contributed by atoms with E-state index in [0.717, 1.165) is 17.1 Å². The lowest BCUT2D eigenvalue weighted by atomic mass is 10.0. The van der Waals surface area contributed by atoms with E-state index in [1.54, 1.807) is 0 Å². The van der Waals surface area contributed by atoms with Crippen LogP contribution in [-0.4, -0.2) is 9.78 Å². The highest BCUT2D eigenvalue weighted by molar-refractivity contribution is 5.52. The molecule has 0 saturated carbocycles.